The molecule has 0 amide bonds. The van der Waals surface area contributed by atoms with Crippen LogP contribution in [0.15, 0.2) is 24.3 Å². The van der Waals surface area contributed by atoms with Crippen LogP contribution in [-0.4, -0.2) is 17.3 Å². The van der Waals surface area contributed by atoms with Gasteiger partial charge < -0.3 is 10.4 Å². The first-order valence-corrected chi connectivity index (χ1v) is 6.67. The lowest BCUT2D eigenvalue weighted by Gasteiger charge is -2.32. The van der Waals surface area contributed by atoms with Gasteiger partial charge >= 0.3 is 0 Å². The number of aliphatic hydroxyl groups is 1. The third kappa shape index (κ3) is 3.55. The summed E-state index contributed by atoms with van der Waals surface area (Å²) in [4.78, 5) is 0. The largest absolute Gasteiger partial charge is 0.389 e. The fraction of sp³-hybridized carbons (Fsp3) is 0.600. The SMILES string of the molecule is Cc1ccccc1CNCC1(O)CCCCC1. The Morgan fingerprint density at radius 1 is 1.18 bits per heavy atom. The van der Waals surface area contributed by atoms with Crippen LogP contribution in [0.5, 0.6) is 0 Å². The van der Waals surface area contributed by atoms with Gasteiger partial charge in [-0.05, 0) is 30.9 Å². The molecule has 0 radical (unpaired) electrons. The van der Waals surface area contributed by atoms with E-state index in [1.165, 1.54) is 30.4 Å². The predicted molar refractivity (Wildman–Crippen MR) is 70.9 cm³/mol. The second-order valence-corrected chi connectivity index (χ2v) is 5.32. The van der Waals surface area contributed by atoms with Crippen molar-refractivity contribution >= 4 is 0 Å². The summed E-state index contributed by atoms with van der Waals surface area (Å²) in [5.41, 5.74) is 2.18. The molecule has 0 aromatic heterocycles. The van der Waals surface area contributed by atoms with E-state index < -0.39 is 5.60 Å². The summed E-state index contributed by atoms with van der Waals surface area (Å²) in [7, 11) is 0. The molecular formula is C15H23NO. The summed E-state index contributed by atoms with van der Waals surface area (Å²) in [5, 5.41) is 13.8. The molecule has 0 unspecified atom stereocenters. The lowest BCUT2D eigenvalue weighted by molar-refractivity contribution is 0.00466. The topological polar surface area (TPSA) is 32.3 Å². The summed E-state index contributed by atoms with van der Waals surface area (Å²) in [6.45, 7) is 3.71. The van der Waals surface area contributed by atoms with Crippen molar-refractivity contribution in [3.05, 3.63) is 35.4 Å². The van der Waals surface area contributed by atoms with Gasteiger partial charge in [-0.3, -0.25) is 0 Å². The standard InChI is InChI=1S/C15H23NO/c1-13-7-3-4-8-14(13)11-16-12-15(17)9-5-2-6-10-15/h3-4,7-8,16-17H,2,5-6,9-12H2,1H3. The molecule has 0 bridgehead atoms. The number of aryl methyl sites for hydroxylation is 1. The molecule has 0 spiro atoms. The monoisotopic (exact) mass is 233 g/mol. The summed E-state index contributed by atoms with van der Waals surface area (Å²) in [5.74, 6) is 0. The summed E-state index contributed by atoms with van der Waals surface area (Å²) >= 11 is 0. The number of hydrogen-bond acceptors (Lipinski definition) is 2. The van der Waals surface area contributed by atoms with E-state index in [0.717, 1.165) is 25.9 Å². The highest BCUT2D eigenvalue weighted by Gasteiger charge is 2.28. The molecule has 1 aliphatic carbocycles. The average Bonchev–Trinajstić information content (AvgIpc) is 2.32. The van der Waals surface area contributed by atoms with Crippen molar-refractivity contribution in [3.8, 4) is 0 Å². The Bertz CT molecular complexity index is 356. The van der Waals surface area contributed by atoms with Crippen LogP contribution in [0, 0.1) is 6.92 Å². The van der Waals surface area contributed by atoms with E-state index in [0.29, 0.717) is 0 Å². The van der Waals surface area contributed by atoms with Crippen molar-refractivity contribution in [1.82, 2.24) is 5.32 Å². The summed E-state index contributed by atoms with van der Waals surface area (Å²) < 4.78 is 0. The molecule has 1 aromatic carbocycles. The molecule has 0 heterocycles. The maximum absolute atomic E-state index is 10.4. The van der Waals surface area contributed by atoms with Crippen molar-refractivity contribution < 1.29 is 5.11 Å². The highest BCUT2D eigenvalue weighted by Crippen LogP contribution is 2.27. The molecule has 1 aliphatic rings. The quantitative estimate of drug-likeness (QED) is 0.838. The van der Waals surface area contributed by atoms with Crippen molar-refractivity contribution in [2.45, 2.75) is 51.2 Å². The molecule has 0 aliphatic heterocycles. The van der Waals surface area contributed by atoms with Crippen LogP contribution in [0.2, 0.25) is 0 Å². The van der Waals surface area contributed by atoms with Gasteiger partial charge in [-0.15, -0.1) is 0 Å². The van der Waals surface area contributed by atoms with E-state index in [1.807, 2.05) is 0 Å². The van der Waals surface area contributed by atoms with Crippen LogP contribution >= 0.6 is 0 Å². The lowest BCUT2D eigenvalue weighted by atomic mass is 9.85. The molecule has 1 saturated carbocycles. The fourth-order valence-electron chi connectivity index (χ4n) is 2.62. The van der Waals surface area contributed by atoms with Crippen LogP contribution in [0.4, 0.5) is 0 Å². The first kappa shape index (κ1) is 12.6. The van der Waals surface area contributed by atoms with Gasteiger partial charge in [-0.2, -0.15) is 0 Å². The maximum Gasteiger partial charge on any atom is 0.0771 e. The highest BCUT2D eigenvalue weighted by molar-refractivity contribution is 5.25. The Hall–Kier alpha value is -0.860. The third-order valence-electron chi connectivity index (χ3n) is 3.82. The van der Waals surface area contributed by atoms with E-state index in [4.69, 9.17) is 0 Å². The minimum Gasteiger partial charge on any atom is -0.389 e. The Kier molecular flexibility index (Phi) is 4.19. The minimum absolute atomic E-state index is 0.457. The summed E-state index contributed by atoms with van der Waals surface area (Å²) in [6, 6.07) is 8.41. The zero-order chi connectivity index (χ0) is 12.1. The normalized spacial score (nSPS) is 19.2. The fourth-order valence-corrected chi connectivity index (χ4v) is 2.62. The molecular weight excluding hydrogens is 210 g/mol. The molecule has 0 saturated heterocycles. The van der Waals surface area contributed by atoms with Crippen LogP contribution in [0.1, 0.15) is 43.2 Å². The molecule has 2 heteroatoms. The second kappa shape index (κ2) is 5.65. The van der Waals surface area contributed by atoms with E-state index >= 15 is 0 Å². The molecule has 1 aromatic rings. The van der Waals surface area contributed by atoms with Gasteiger partial charge in [0.2, 0.25) is 0 Å². The van der Waals surface area contributed by atoms with Crippen LogP contribution in [0.3, 0.4) is 0 Å². The smallest absolute Gasteiger partial charge is 0.0771 e. The number of rotatable bonds is 4. The molecule has 2 rings (SSSR count). The molecule has 17 heavy (non-hydrogen) atoms. The molecule has 1 fully saturated rings. The van der Waals surface area contributed by atoms with Crippen molar-refractivity contribution in [2.24, 2.45) is 0 Å². The zero-order valence-corrected chi connectivity index (χ0v) is 10.7. The van der Waals surface area contributed by atoms with Gasteiger partial charge in [0.15, 0.2) is 0 Å². The molecule has 0 atom stereocenters. The van der Waals surface area contributed by atoms with Gasteiger partial charge in [0, 0.05) is 13.1 Å². The third-order valence-corrected chi connectivity index (χ3v) is 3.82. The lowest BCUT2D eigenvalue weighted by Crippen LogP contribution is -2.41. The predicted octanol–water partition coefficient (Wildman–Crippen LogP) is 2.78. The Morgan fingerprint density at radius 2 is 1.88 bits per heavy atom. The van der Waals surface area contributed by atoms with Crippen LogP contribution in [-0.2, 0) is 6.54 Å². The molecule has 2 nitrogen and oxygen atoms in total. The van der Waals surface area contributed by atoms with Gasteiger partial charge in [-0.1, -0.05) is 43.5 Å². The van der Waals surface area contributed by atoms with Crippen molar-refractivity contribution in [3.63, 3.8) is 0 Å². The van der Waals surface area contributed by atoms with E-state index in [9.17, 15) is 5.11 Å². The van der Waals surface area contributed by atoms with Gasteiger partial charge in [0.05, 0.1) is 5.60 Å². The van der Waals surface area contributed by atoms with Gasteiger partial charge in [0.1, 0.15) is 0 Å². The highest BCUT2D eigenvalue weighted by atomic mass is 16.3. The number of nitrogens with one attached hydrogen (secondary N) is 1. The van der Waals surface area contributed by atoms with Crippen LogP contribution in [0.25, 0.3) is 0 Å². The number of benzene rings is 1. The van der Waals surface area contributed by atoms with Gasteiger partial charge in [0.25, 0.3) is 0 Å². The maximum atomic E-state index is 10.4. The Labute approximate surface area is 104 Å². The van der Waals surface area contributed by atoms with Crippen molar-refractivity contribution in [2.75, 3.05) is 6.54 Å². The first-order chi connectivity index (χ1) is 8.20. The molecule has 2 N–H and O–H groups in total. The average molecular weight is 233 g/mol. The Balaban J connectivity index is 1.81. The van der Waals surface area contributed by atoms with E-state index in [-0.39, 0.29) is 0 Å². The minimum atomic E-state index is -0.457. The zero-order valence-electron chi connectivity index (χ0n) is 10.7. The number of hydrogen-bond donors (Lipinski definition) is 2. The van der Waals surface area contributed by atoms with E-state index in [2.05, 4.69) is 36.5 Å². The molecule has 94 valence electrons. The Morgan fingerprint density at radius 3 is 2.59 bits per heavy atom. The second-order valence-electron chi connectivity index (χ2n) is 5.32. The summed E-state index contributed by atoms with van der Waals surface area (Å²) in [6.07, 6.45) is 5.52. The first-order valence-electron chi connectivity index (χ1n) is 6.67. The van der Waals surface area contributed by atoms with Gasteiger partial charge in [-0.25, -0.2) is 0 Å². The van der Waals surface area contributed by atoms with E-state index in [1.54, 1.807) is 0 Å². The van der Waals surface area contributed by atoms with Crippen molar-refractivity contribution in [1.29, 1.82) is 0 Å². The van der Waals surface area contributed by atoms with Crippen LogP contribution < -0.4 is 5.32 Å².